The third kappa shape index (κ3) is 2.99. The van der Waals surface area contributed by atoms with Crippen molar-refractivity contribution in [2.24, 2.45) is 4.99 Å². The van der Waals surface area contributed by atoms with Gasteiger partial charge in [0.1, 0.15) is 17.9 Å². The minimum absolute atomic E-state index is 0.511. The summed E-state index contributed by atoms with van der Waals surface area (Å²) in [7, 11) is 0. The summed E-state index contributed by atoms with van der Waals surface area (Å²) >= 11 is 0. The van der Waals surface area contributed by atoms with Crippen molar-refractivity contribution in [1.82, 2.24) is 9.55 Å². The molecule has 1 aromatic heterocycles. The Kier molecular flexibility index (Phi) is 4.77. The molecule has 4 rings (SSSR count). The Morgan fingerprint density at radius 2 is 1.93 bits per heavy atom. The fourth-order valence-electron chi connectivity index (χ4n) is 3.71. The first kappa shape index (κ1) is 17.7. The second kappa shape index (κ2) is 7.53. The average molecular weight is 368 g/mol. The number of allylic oxidation sites excluding steroid dienone is 1. The molecule has 2 heterocycles. The van der Waals surface area contributed by atoms with Crippen LogP contribution in [0.3, 0.4) is 0 Å². The van der Waals surface area contributed by atoms with Crippen LogP contribution in [0.15, 0.2) is 90.0 Å². The number of hydrogen-bond donors (Lipinski definition) is 0. The molecular weight excluding hydrogens is 348 g/mol. The molecule has 1 aliphatic heterocycles. The smallest absolute Gasteiger partial charge is 0.168 e. The number of dihydropyridines is 1. The van der Waals surface area contributed by atoms with Gasteiger partial charge in [0.05, 0.1) is 12.4 Å². The molecule has 5 nitrogen and oxygen atoms in total. The van der Waals surface area contributed by atoms with Crippen LogP contribution in [0.25, 0.3) is 0 Å². The molecule has 0 N–H and O–H groups in total. The molecule has 28 heavy (non-hydrogen) atoms. The highest BCUT2D eigenvalue weighted by atomic mass is 16.5. The van der Waals surface area contributed by atoms with Gasteiger partial charge in [0, 0.05) is 18.6 Å². The van der Waals surface area contributed by atoms with Crippen LogP contribution < -0.4 is 4.74 Å². The molecule has 0 fully saturated rings. The number of nitriles is 1. The Morgan fingerprint density at radius 3 is 2.61 bits per heavy atom. The quantitative estimate of drug-likeness (QED) is 0.680. The van der Waals surface area contributed by atoms with E-state index in [-0.39, 0.29) is 0 Å². The molecule has 0 saturated carbocycles. The number of rotatable bonds is 5. The van der Waals surface area contributed by atoms with Gasteiger partial charge in [-0.1, -0.05) is 42.5 Å². The molecule has 0 amide bonds. The summed E-state index contributed by atoms with van der Waals surface area (Å²) in [5.74, 6) is 0.780. The zero-order valence-electron chi connectivity index (χ0n) is 15.6. The lowest BCUT2D eigenvalue weighted by molar-refractivity contribution is 0.305. The van der Waals surface area contributed by atoms with Crippen molar-refractivity contribution in [2.75, 3.05) is 0 Å². The molecule has 2 aromatic carbocycles. The van der Waals surface area contributed by atoms with Gasteiger partial charge in [-0.3, -0.25) is 4.99 Å². The van der Waals surface area contributed by atoms with E-state index in [0.717, 1.165) is 22.4 Å². The number of benzene rings is 2. The average Bonchev–Trinajstić information content (AvgIpc) is 3.28. The van der Waals surface area contributed by atoms with Crippen molar-refractivity contribution < 1.29 is 4.74 Å². The van der Waals surface area contributed by atoms with Gasteiger partial charge in [-0.2, -0.15) is 5.26 Å². The molecular formula is C23H20N4O. The third-order valence-corrected chi connectivity index (χ3v) is 5.13. The molecule has 2 unspecified atom stereocenters. The van der Waals surface area contributed by atoms with Gasteiger partial charge in [-0.15, -0.1) is 0 Å². The zero-order valence-corrected chi connectivity index (χ0v) is 15.6. The van der Waals surface area contributed by atoms with Crippen molar-refractivity contribution in [3.63, 3.8) is 0 Å². The van der Waals surface area contributed by atoms with E-state index in [9.17, 15) is 5.26 Å². The third-order valence-electron chi connectivity index (χ3n) is 5.13. The van der Waals surface area contributed by atoms with Gasteiger partial charge in [-0.25, -0.2) is 4.98 Å². The van der Waals surface area contributed by atoms with Gasteiger partial charge in [0.2, 0.25) is 0 Å². The van der Waals surface area contributed by atoms with Crippen molar-refractivity contribution in [1.29, 1.82) is 5.26 Å². The monoisotopic (exact) mass is 368 g/mol. The van der Waals surface area contributed by atoms with E-state index in [1.807, 2.05) is 78.4 Å². The van der Waals surface area contributed by atoms with E-state index in [4.69, 9.17) is 4.74 Å². The molecule has 0 aliphatic carbocycles. The second-order valence-corrected chi connectivity index (χ2v) is 6.71. The molecule has 0 spiro atoms. The van der Waals surface area contributed by atoms with E-state index >= 15 is 0 Å². The number of ether oxygens (including phenoxy) is 1. The van der Waals surface area contributed by atoms with Crippen LogP contribution in [0.1, 0.15) is 18.1 Å². The first-order valence-corrected chi connectivity index (χ1v) is 9.11. The number of aliphatic imine (C=N–C) groups is 1. The summed E-state index contributed by atoms with van der Waals surface area (Å²) in [6, 6.07) is 19.7. The fraction of sp³-hybridized carbons (Fsp3) is 0.174. The highest BCUT2D eigenvalue weighted by Gasteiger charge is 2.45. The van der Waals surface area contributed by atoms with E-state index in [2.05, 4.69) is 16.0 Å². The lowest BCUT2D eigenvalue weighted by atomic mass is 9.76. The molecule has 0 saturated heterocycles. The molecule has 3 aromatic rings. The topological polar surface area (TPSA) is 63.2 Å². The van der Waals surface area contributed by atoms with Crippen molar-refractivity contribution in [3.05, 3.63) is 96.1 Å². The van der Waals surface area contributed by atoms with Crippen LogP contribution in [0, 0.1) is 11.3 Å². The van der Waals surface area contributed by atoms with Crippen LogP contribution in [-0.4, -0.2) is 21.8 Å². The first-order valence-electron chi connectivity index (χ1n) is 9.11. The Labute approximate surface area is 164 Å². The predicted octanol–water partition coefficient (Wildman–Crippen LogP) is 4.13. The Morgan fingerprint density at radius 1 is 1.14 bits per heavy atom. The minimum Gasteiger partial charge on any atom is -0.489 e. The van der Waals surface area contributed by atoms with Gasteiger partial charge in [-0.05, 0) is 41.8 Å². The Balaban J connectivity index is 1.68. The lowest BCUT2D eigenvalue weighted by Crippen LogP contribution is -2.46. The maximum Gasteiger partial charge on any atom is 0.168 e. The van der Waals surface area contributed by atoms with Crippen LogP contribution in [0.5, 0.6) is 5.75 Å². The van der Waals surface area contributed by atoms with Gasteiger partial charge >= 0.3 is 0 Å². The maximum atomic E-state index is 9.82. The van der Waals surface area contributed by atoms with E-state index < -0.39 is 11.6 Å². The van der Waals surface area contributed by atoms with Crippen LogP contribution in [0.4, 0.5) is 0 Å². The van der Waals surface area contributed by atoms with E-state index in [1.165, 1.54) is 0 Å². The summed E-state index contributed by atoms with van der Waals surface area (Å²) < 4.78 is 7.87. The normalized spacial score (nSPS) is 21.0. The second-order valence-electron chi connectivity index (χ2n) is 6.71. The zero-order chi connectivity index (χ0) is 19.4. The summed E-state index contributed by atoms with van der Waals surface area (Å²) in [5.41, 5.74) is 2.39. The van der Waals surface area contributed by atoms with Gasteiger partial charge in [0.25, 0.3) is 0 Å². The first-order chi connectivity index (χ1) is 13.7. The summed E-state index contributed by atoms with van der Waals surface area (Å²) in [5, 5.41) is 9.82. The number of aromatic nitrogens is 2. The summed E-state index contributed by atoms with van der Waals surface area (Å²) in [6.07, 6.45) is 8.99. The number of imidazole rings is 1. The predicted molar refractivity (Wildman–Crippen MR) is 108 cm³/mol. The highest BCUT2D eigenvalue weighted by Crippen LogP contribution is 2.40. The number of hydrogen-bond acceptors (Lipinski definition) is 4. The Bertz CT molecular complexity index is 1030. The minimum atomic E-state index is -0.724. The highest BCUT2D eigenvalue weighted by molar-refractivity contribution is 5.76. The summed E-state index contributed by atoms with van der Waals surface area (Å²) in [4.78, 5) is 8.64. The SMILES string of the molecule is CC1=CC=NC(C#N)C1(c1ccc(OCc2ccccc2)cc1)n1ccnc1. The van der Waals surface area contributed by atoms with Crippen LogP contribution in [-0.2, 0) is 12.1 Å². The van der Waals surface area contributed by atoms with Gasteiger partial charge < -0.3 is 9.30 Å². The van der Waals surface area contributed by atoms with Crippen LogP contribution in [0.2, 0.25) is 0 Å². The van der Waals surface area contributed by atoms with Gasteiger partial charge in [0.15, 0.2) is 6.04 Å². The van der Waals surface area contributed by atoms with Crippen molar-refractivity contribution in [3.8, 4) is 11.8 Å². The van der Waals surface area contributed by atoms with E-state index in [0.29, 0.717) is 6.61 Å². The van der Waals surface area contributed by atoms with Crippen molar-refractivity contribution in [2.45, 2.75) is 25.1 Å². The molecule has 1 aliphatic rings. The van der Waals surface area contributed by atoms with Crippen LogP contribution >= 0.6 is 0 Å². The molecule has 5 heteroatoms. The van der Waals surface area contributed by atoms with Crippen molar-refractivity contribution >= 4 is 6.21 Å². The molecule has 2 atom stereocenters. The maximum absolute atomic E-state index is 9.82. The molecule has 0 radical (unpaired) electrons. The number of nitrogens with zero attached hydrogens (tertiary/aromatic N) is 4. The summed E-state index contributed by atoms with van der Waals surface area (Å²) in [6.45, 7) is 2.53. The Hall–Kier alpha value is -3.65. The molecule has 138 valence electrons. The largest absolute Gasteiger partial charge is 0.489 e. The standard InChI is InChI=1S/C23H20N4O/c1-18-11-12-26-22(15-24)23(18,27-14-13-25-17-27)20-7-9-21(10-8-20)28-16-19-5-3-2-4-6-19/h2-14,17,22H,16H2,1H3. The fourth-order valence-corrected chi connectivity index (χ4v) is 3.71. The molecule has 0 bridgehead atoms. The van der Waals surface area contributed by atoms with E-state index in [1.54, 1.807) is 18.7 Å². The lowest BCUT2D eigenvalue weighted by Gasteiger charge is -2.40.